The highest BCUT2D eigenvalue weighted by Gasteiger charge is 2.16. The Morgan fingerprint density at radius 3 is 0.871 bits per heavy atom. The molecular weight excluding hydrogens is 861 g/mol. The Kier molecular flexibility index (Phi) is 56.5. The summed E-state index contributed by atoms with van der Waals surface area (Å²) in [6.07, 6.45) is 87.6. The third-order valence-electron chi connectivity index (χ3n) is 12.3. The molecular formula is C65H108O5. The van der Waals surface area contributed by atoms with Crippen molar-refractivity contribution in [1.29, 1.82) is 0 Å². The fraction of sp³-hybridized carbons (Fsp3) is 0.662. The second-order valence-electron chi connectivity index (χ2n) is 19.0. The van der Waals surface area contributed by atoms with E-state index < -0.39 is 6.10 Å². The van der Waals surface area contributed by atoms with E-state index in [9.17, 15) is 14.7 Å². The maximum Gasteiger partial charge on any atom is 0.306 e. The Hall–Kier alpha value is -3.70. The van der Waals surface area contributed by atoms with E-state index in [1.165, 1.54) is 122 Å². The normalized spacial score (nSPS) is 13.1. The van der Waals surface area contributed by atoms with Crippen LogP contribution in [-0.2, 0) is 19.1 Å². The van der Waals surface area contributed by atoms with Crippen LogP contribution in [0.25, 0.3) is 0 Å². The smallest absolute Gasteiger partial charge is 0.306 e. The molecule has 0 aliphatic carbocycles. The number of carbonyl (C=O) groups is 2. The number of hydrogen-bond donors (Lipinski definition) is 1. The van der Waals surface area contributed by atoms with Gasteiger partial charge < -0.3 is 14.6 Å². The van der Waals surface area contributed by atoms with Gasteiger partial charge >= 0.3 is 11.9 Å². The molecule has 0 saturated heterocycles. The van der Waals surface area contributed by atoms with Crippen molar-refractivity contribution in [1.82, 2.24) is 0 Å². The molecule has 398 valence electrons. The minimum Gasteiger partial charge on any atom is -0.462 e. The summed E-state index contributed by atoms with van der Waals surface area (Å²) < 4.78 is 10.7. The van der Waals surface area contributed by atoms with Crippen LogP contribution in [0.4, 0.5) is 0 Å². The summed E-state index contributed by atoms with van der Waals surface area (Å²) in [6, 6.07) is 0. The van der Waals surface area contributed by atoms with Crippen molar-refractivity contribution in [3.05, 3.63) is 122 Å². The average Bonchev–Trinajstić information content (AvgIpc) is 3.36. The largest absolute Gasteiger partial charge is 0.462 e. The number of hydrogen-bond acceptors (Lipinski definition) is 5. The maximum absolute atomic E-state index is 12.3. The highest BCUT2D eigenvalue weighted by Crippen LogP contribution is 2.16. The first-order valence-corrected chi connectivity index (χ1v) is 29.1. The lowest BCUT2D eigenvalue weighted by Crippen LogP contribution is -2.28. The van der Waals surface area contributed by atoms with Crippen LogP contribution in [0.1, 0.15) is 258 Å². The van der Waals surface area contributed by atoms with Gasteiger partial charge in [0.2, 0.25) is 0 Å². The van der Waals surface area contributed by atoms with Crippen LogP contribution in [0.3, 0.4) is 0 Å². The van der Waals surface area contributed by atoms with Gasteiger partial charge in [-0.1, -0.05) is 264 Å². The molecule has 0 aliphatic rings. The molecule has 1 N–H and O–H groups in total. The summed E-state index contributed by atoms with van der Waals surface area (Å²) in [6.45, 7) is 3.89. The number of unbranched alkanes of at least 4 members (excludes halogenated alkanes) is 24. The van der Waals surface area contributed by atoms with Gasteiger partial charge in [-0.3, -0.25) is 9.59 Å². The molecule has 0 aliphatic heterocycles. The van der Waals surface area contributed by atoms with Gasteiger partial charge in [0.05, 0.1) is 6.61 Å². The van der Waals surface area contributed by atoms with Gasteiger partial charge in [-0.25, -0.2) is 0 Å². The van der Waals surface area contributed by atoms with Crippen LogP contribution in [0.5, 0.6) is 0 Å². The Labute approximate surface area is 433 Å². The van der Waals surface area contributed by atoms with Crippen molar-refractivity contribution in [3.8, 4) is 0 Å². The first-order valence-electron chi connectivity index (χ1n) is 29.1. The molecule has 0 aromatic rings. The zero-order valence-electron chi connectivity index (χ0n) is 45.5. The zero-order valence-corrected chi connectivity index (χ0v) is 45.5. The van der Waals surface area contributed by atoms with Crippen LogP contribution < -0.4 is 0 Å². The number of rotatable bonds is 52. The summed E-state index contributed by atoms with van der Waals surface area (Å²) in [5, 5.41) is 9.65. The van der Waals surface area contributed by atoms with Crippen molar-refractivity contribution in [2.45, 2.75) is 264 Å². The molecule has 70 heavy (non-hydrogen) atoms. The van der Waals surface area contributed by atoms with E-state index >= 15 is 0 Å². The predicted octanol–water partition coefficient (Wildman–Crippen LogP) is 19.9. The highest BCUT2D eigenvalue weighted by atomic mass is 16.6. The lowest BCUT2D eigenvalue weighted by molar-refractivity contribution is -0.161. The number of allylic oxidation sites excluding steroid dienone is 20. The number of esters is 2. The van der Waals surface area contributed by atoms with Gasteiger partial charge in [-0.05, 0) is 103 Å². The average molecular weight is 970 g/mol. The monoisotopic (exact) mass is 969 g/mol. The van der Waals surface area contributed by atoms with Gasteiger partial charge in [0, 0.05) is 12.8 Å². The van der Waals surface area contributed by atoms with Gasteiger partial charge in [-0.15, -0.1) is 0 Å². The van der Waals surface area contributed by atoms with E-state index in [1.807, 2.05) is 0 Å². The third-order valence-corrected chi connectivity index (χ3v) is 12.3. The molecule has 1 atom stereocenters. The fourth-order valence-electron chi connectivity index (χ4n) is 7.96. The molecule has 0 spiro atoms. The van der Waals surface area contributed by atoms with Crippen molar-refractivity contribution in [2.75, 3.05) is 13.2 Å². The van der Waals surface area contributed by atoms with Crippen molar-refractivity contribution in [3.63, 3.8) is 0 Å². The molecule has 0 heterocycles. The first-order chi connectivity index (χ1) is 34.6. The van der Waals surface area contributed by atoms with Crippen LogP contribution in [0.2, 0.25) is 0 Å². The molecule has 0 rings (SSSR count). The van der Waals surface area contributed by atoms with Crippen LogP contribution in [0, 0.1) is 0 Å². The molecule has 0 radical (unpaired) electrons. The molecule has 0 aromatic carbocycles. The lowest BCUT2D eigenvalue weighted by Gasteiger charge is -2.15. The first kappa shape index (κ1) is 66.3. The van der Waals surface area contributed by atoms with Crippen LogP contribution in [-0.4, -0.2) is 36.4 Å². The molecule has 0 amide bonds. The highest BCUT2D eigenvalue weighted by molar-refractivity contribution is 5.70. The molecule has 5 heteroatoms. The number of aliphatic hydroxyl groups is 1. The quantitative estimate of drug-likeness (QED) is 0.0374. The van der Waals surface area contributed by atoms with Gasteiger partial charge in [0.15, 0.2) is 6.10 Å². The Balaban J connectivity index is 3.49. The number of ether oxygens (including phenoxy) is 2. The van der Waals surface area contributed by atoms with Crippen molar-refractivity contribution in [2.24, 2.45) is 0 Å². The lowest BCUT2D eigenvalue weighted by atomic mass is 10.0. The molecule has 0 saturated carbocycles. The van der Waals surface area contributed by atoms with E-state index in [-0.39, 0.29) is 25.2 Å². The molecule has 0 aromatic heterocycles. The van der Waals surface area contributed by atoms with Crippen molar-refractivity contribution >= 4 is 11.9 Å². The van der Waals surface area contributed by atoms with Crippen LogP contribution >= 0.6 is 0 Å². The zero-order chi connectivity index (χ0) is 50.6. The minimum atomic E-state index is -0.792. The Bertz CT molecular complexity index is 1420. The topological polar surface area (TPSA) is 72.8 Å². The standard InChI is InChI=1S/C65H108O5/c1-3-5-7-9-11-13-15-17-19-21-23-24-25-26-27-28-29-30-31-32-33-34-35-36-37-38-39-40-42-44-46-48-50-52-54-56-58-60-65(68)70-63(61-66)62-69-64(67)59-57-55-53-51-49-47-45-43-41-22-20-18-16-14-12-10-8-6-4-2/h5-8,11-14,17-20,23-24,26-27,41,43,47,49,63,66H,3-4,9-10,15-16,21-22,25,28-40,42,44-46,48,50-62H2,1-2H3/b7-5-,8-6-,13-11-,14-12-,19-17-,20-18-,24-23-,27-26-,43-41-,49-47-. The molecule has 0 fully saturated rings. The summed E-state index contributed by atoms with van der Waals surface area (Å²) in [4.78, 5) is 24.5. The van der Waals surface area contributed by atoms with E-state index in [2.05, 4.69) is 135 Å². The van der Waals surface area contributed by atoms with E-state index in [1.54, 1.807) is 0 Å². The minimum absolute atomic E-state index is 0.0869. The maximum atomic E-state index is 12.3. The van der Waals surface area contributed by atoms with Crippen molar-refractivity contribution < 1.29 is 24.2 Å². The van der Waals surface area contributed by atoms with E-state index in [0.717, 1.165) is 109 Å². The summed E-state index contributed by atoms with van der Waals surface area (Å²) in [5.74, 6) is -0.627. The van der Waals surface area contributed by atoms with Crippen LogP contribution in [0.15, 0.2) is 122 Å². The molecule has 5 nitrogen and oxygen atoms in total. The summed E-state index contributed by atoms with van der Waals surface area (Å²) in [5.41, 5.74) is 0. The second-order valence-corrected chi connectivity index (χ2v) is 19.0. The third kappa shape index (κ3) is 56.9. The number of aliphatic hydroxyl groups excluding tert-OH is 1. The summed E-state index contributed by atoms with van der Waals surface area (Å²) >= 11 is 0. The SMILES string of the molecule is CC/C=C\C/C=C\C/C=C\C/C=C\C/C=C\CCCCCCCCCCCCCCCCCCCCCCCC(=O)OC(CO)COC(=O)CCCCC/C=C\C/C=C\C/C=C\C/C=C\C/C=C\CC. The molecule has 0 bridgehead atoms. The number of carbonyl (C=O) groups excluding carboxylic acids is 2. The Morgan fingerprint density at radius 1 is 0.329 bits per heavy atom. The molecule has 1 unspecified atom stereocenters. The van der Waals surface area contributed by atoms with Gasteiger partial charge in [0.1, 0.15) is 6.61 Å². The van der Waals surface area contributed by atoms with E-state index in [0.29, 0.717) is 12.8 Å². The van der Waals surface area contributed by atoms with Gasteiger partial charge in [-0.2, -0.15) is 0 Å². The predicted molar refractivity (Wildman–Crippen MR) is 306 cm³/mol. The van der Waals surface area contributed by atoms with Gasteiger partial charge in [0.25, 0.3) is 0 Å². The van der Waals surface area contributed by atoms with E-state index in [4.69, 9.17) is 9.47 Å². The Morgan fingerprint density at radius 2 is 0.571 bits per heavy atom. The second kappa shape index (κ2) is 59.6. The fourth-order valence-corrected chi connectivity index (χ4v) is 7.96. The summed E-state index contributed by atoms with van der Waals surface area (Å²) in [7, 11) is 0.